The van der Waals surface area contributed by atoms with Gasteiger partial charge in [-0.1, -0.05) is 45.0 Å². The lowest BCUT2D eigenvalue weighted by Gasteiger charge is -2.37. The summed E-state index contributed by atoms with van der Waals surface area (Å²) in [4.78, 5) is 22.2. The van der Waals surface area contributed by atoms with Crippen molar-refractivity contribution in [2.75, 3.05) is 48.7 Å². The van der Waals surface area contributed by atoms with Crippen LogP contribution in [0.4, 0.5) is 21.5 Å². The average Bonchev–Trinajstić information content (AvgIpc) is 2.90. The molecular weight excluding hydrogens is 441 g/mol. The molecule has 184 valence electrons. The third-order valence-corrected chi connectivity index (χ3v) is 6.73. The van der Waals surface area contributed by atoms with Crippen LogP contribution in [-0.4, -0.2) is 48.5 Å². The average molecular weight is 476 g/mol. The van der Waals surface area contributed by atoms with Crippen LogP contribution in [0.1, 0.15) is 42.4 Å². The van der Waals surface area contributed by atoms with E-state index in [9.17, 15) is 4.79 Å². The molecular formula is C28H34FN5O. The predicted molar refractivity (Wildman–Crippen MR) is 142 cm³/mol. The number of nitrogen functional groups attached to an aromatic ring is 1. The summed E-state index contributed by atoms with van der Waals surface area (Å²) in [5, 5.41) is 2.82. The highest BCUT2D eigenvalue weighted by molar-refractivity contribution is 6.05. The van der Waals surface area contributed by atoms with Crippen LogP contribution in [0, 0.1) is 5.82 Å². The van der Waals surface area contributed by atoms with E-state index in [1.54, 1.807) is 36.4 Å². The number of nitrogens with zero attached hydrogens (tertiary/aromatic N) is 3. The second kappa shape index (κ2) is 10.9. The van der Waals surface area contributed by atoms with Crippen molar-refractivity contribution in [1.29, 1.82) is 0 Å². The maximum atomic E-state index is 15.8. The minimum Gasteiger partial charge on any atom is -0.397 e. The normalized spacial score (nSPS) is 14.2. The zero-order valence-corrected chi connectivity index (χ0v) is 20.8. The first-order chi connectivity index (χ1) is 17.0. The molecule has 7 heteroatoms. The number of nitrogens with one attached hydrogen (secondary N) is 1. The van der Waals surface area contributed by atoms with Gasteiger partial charge in [-0.25, -0.2) is 9.37 Å². The predicted octanol–water partition coefficient (Wildman–Crippen LogP) is 4.99. The number of carbonyl (C=O) groups excluding carboxylic acids is 1. The molecule has 1 fully saturated rings. The first kappa shape index (κ1) is 24.7. The van der Waals surface area contributed by atoms with E-state index in [4.69, 9.17) is 10.7 Å². The Bertz CT molecular complexity index is 1190. The lowest BCUT2D eigenvalue weighted by atomic mass is 10.00. The van der Waals surface area contributed by atoms with E-state index in [1.807, 2.05) is 19.1 Å². The smallest absolute Gasteiger partial charge is 0.255 e. The number of piperazine rings is 1. The van der Waals surface area contributed by atoms with Crippen LogP contribution < -0.4 is 16.0 Å². The van der Waals surface area contributed by atoms with Crippen molar-refractivity contribution in [2.45, 2.75) is 33.6 Å². The number of hydrogen-bond acceptors (Lipinski definition) is 5. The fourth-order valence-electron chi connectivity index (χ4n) is 4.66. The standard InChI is InChI=1S/C28H34FN5O/c1-4-21-25(29)26(31-23(5-2)27(21)34-17-15-33(6-3)16-18-34)19-11-13-20(14-12-19)28(35)32-24-10-8-7-9-22(24)30/h7-14H,4-6,15-18,30H2,1-3H3,(H,32,35). The Balaban J connectivity index is 1.62. The molecule has 1 aliphatic rings. The third kappa shape index (κ3) is 5.15. The van der Waals surface area contributed by atoms with Gasteiger partial charge in [-0.05, 0) is 43.7 Å². The summed E-state index contributed by atoms with van der Waals surface area (Å²) in [6, 6.07) is 14.0. The van der Waals surface area contributed by atoms with Crippen LogP contribution in [0.25, 0.3) is 11.3 Å². The number of benzene rings is 2. The molecule has 0 saturated carbocycles. The number of pyridine rings is 1. The van der Waals surface area contributed by atoms with Crippen LogP contribution >= 0.6 is 0 Å². The number of para-hydroxylation sites is 2. The monoisotopic (exact) mass is 475 g/mol. The molecule has 0 radical (unpaired) electrons. The Morgan fingerprint density at radius 2 is 1.69 bits per heavy atom. The molecule has 1 amide bonds. The van der Waals surface area contributed by atoms with Gasteiger partial charge in [-0.3, -0.25) is 4.79 Å². The van der Waals surface area contributed by atoms with Gasteiger partial charge < -0.3 is 20.9 Å². The van der Waals surface area contributed by atoms with Gasteiger partial charge in [0.2, 0.25) is 0 Å². The van der Waals surface area contributed by atoms with Gasteiger partial charge in [0.05, 0.1) is 22.8 Å². The molecule has 0 spiro atoms. The number of aromatic nitrogens is 1. The number of amides is 1. The van der Waals surface area contributed by atoms with Crippen LogP contribution in [0.15, 0.2) is 48.5 Å². The molecule has 1 saturated heterocycles. The van der Waals surface area contributed by atoms with E-state index in [2.05, 4.69) is 29.0 Å². The summed E-state index contributed by atoms with van der Waals surface area (Å²) in [6.07, 6.45) is 1.32. The lowest BCUT2D eigenvalue weighted by molar-refractivity contribution is 0.102. The Hall–Kier alpha value is -3.45. The molecule has 6 nitrogen and oxygen atoms in total. The largest absolute Gasteiger partial charge is 0.397 e. The van der Waals surface area contributed by atoms with Crippen molar-refractivity contribution < 1.29 is 9.18 Å². The van der Waals surface area contributed by atoms with E-state index in [0.717, 1.165) is 56.1 Å². The second-order valence-corrected chi connectivity index (χ2v) is 8.80. The van der Waals surface area contributed by atoms with Gasteiger partial charge in [-0.2, -0.15) is 0 Å². The number of nitrogens with two attached hydrogens (primary N) is 1. The van der Waals surface area contributed by atoms with Gasteiger partial charge in [0.25, 0.3) is 5.91 Å². The van der Waals surface area contributed by atoms with Crippen LogP contribution in [-0.2, 0) is 12.8 Å². The molecule has 2 aromatic carbocycles. The summed E-state index contributed by atoms with van der Waals surface area (Å²) in [5.41, 5.74) is 11.1. The fraction of sp³-hybridized carbons (Fsp3) is 0.357. The van der Waals surface area contributed by atoms with Crippen LogP contribution in [0.2, 0.25) is 0 Å². The molecule has 3 N–H and O–H groups in total. The summed E-state index contributed by atoms with van der Waals surface area (Å²) >= 11 is 0. The van der Waals surface area contributed by atoms with Crippen molar-refractivity contribution in [3.63, 3.8) is 0 Å². The zero-order valence-electron chi connectivity index (χ0n) is 20.8. The number of aryl methyl sites for hydroxylation is 1. The van der Waals surface area contributed by atoms with E-state index in [1.165, 1.54) is 0 Å². The molecule has 35 heavy (non-hydrogen) atoms. The summed E-state index contributed by atoms with van der Waals surface area (Å²) in [5.74, 6) is -0.542. The van der Waals surface area contributed by atoms with Crippen LogP contribution in [0.5, 0.6) is 0 Å². The molecule has 0 atom stereocenters. The van der Waals surface area contributed by atoms with Gasteiger partial charge in [0.1, 0.15) is 5.69 Å². The Kier molecular flexibility index (Phi) is 7.66. The quantitative estimate of drug-likeness (QED) is 0.471. The van der Waals surface area contributed by atoms with Gasteiger partial charge in [0.15, 0.2) is 5.82 Å². The molecule has 0 unspecified atom stereocenters. The molecule has 0 aliphatic carbocycles. The number of rotatable bonds is 7. The van der Waals surface area contributed by atoms with Gasteiger partial charge in [0, 0.05) is 42.9 Å². The SMILES string of the molecule is CCc1nc(-c2ccc(C(=O)Nc3ccccc3N)cc2)c(F)c(CC)c1N1CCN(CC)CC1. The number of anilines is 3. The molecule has 3 aromatic rings. The van der Waals surface area contributed by atoms with Crippen molar-refractivity contribution in [1.82, 2.24) is 9.88 Å². The molecule has 2 heterocycles. The third-order valence-electron chi connectivity index (χ3n) is 6.73. The van der Waals surface area contributed by atoms with Crippen molar-refractivity contribution in [3.05, 3.63) is 71.2 Å². The molecule has 0 bridgehead atoms. The Morgan fingerprint density at radius 3 is 2.29 bits per heavy atom. The highest BCUT2D eigenvalue weighted by Crippen LogP contribution is 2.34. The molecule has 1 aliphatic heterocycles. The topological polar surface area (TPSA) is 74.5 Å². The maximum Gasteiger partial charge on any atom is 0.255 e. The lowest BCUT2D eigenvalue weighted by Crippen LogP contribution is -2.47. The highest BCUT2D eigenvalue weighted by atomic mass is 19.1. The molecule has 4 rings (SSSR count). The number of carbonyl (C=O) groups is 1. The Labute approximate surface area is 207 Å². The van der Waals surface area contributed by atoms with E-state index < -0.39 is 0 Å². The minimum atomic E-state index is -0.271. The first-order valence-electron chi connectivity index (χ1n) is 12.4. The van der Waals surface area contributed by atoms with E-state index in [-0.39, 0.29) is 11.7 Å². The first-order valence-corrected chi connectivity index (χ1v) is 12.4. The summed E-state index contributed by atoms with van der Waals surface area (Å²) in [7, 11) is 0. The van der Waals surface area contributed by atoms with E-state index in [0.29, 0.717) is 34.6 Å². The van der Waals surface area contributed by atoms with Gasteiger partial charge in [-0.15, -0.1) is 0 Å². The number of likely N-dealkylation sites (N-methyl/N-ethyl adjacent to an activating group) is 1. The molecule has 1 aromatic heterocycles. The summed E-state index contributed by atoms with van der Waals surface area (Å²) < 4.78 is 15.8. The zero-order chi connectivity index (χ0) is 24.9. The van der Waals surface area contributed by atoms with E-state index >= 15 is 4.39 Å². The fourth-order valence-corrected chi connectivity index (χ4v) is 4.66. The maximum absolute atomic E-state index is 15.8. The minimum absolute atomic E-state index is 0.270. The van der Waals surface area contributed by atoms with Crippen molar-refractivity contribution >= 4 is 23.0 Å². The van der Waals surface area contributed by atoms with Crippen molar-refractivity contribution in [2.24, 2.45) is 0 Å². The van der Waals surface area contributed by atoms with Gasteiger partial charge >= 0.3 is 0 Å². The van der Waals surface area contributed by atoms with Crippen LogP contribution in [0.3, 0.4) is 0 Å². The second-order valence-electron chi connectivity index (χ2n) is 8.80. The summed E-state index contributed by atoms with van der Waals surface area (Å²) in [6.45, 7) is 11.0. The van der Waals surface area contributed by atoms with Crippen molar-refractivity contribution in [3.8, 4) is 11.3 Å². The number of halogens is 1. The Morgan fingerprint density at radius 1 is 1.00 bits per heavy atom. The highest BCUT2D eigenvalue weighted by Gasteiger charge is 2.25. The number of hydrogen-bond donors (Lipinski definition) is 2.